The number of halogens is 1. The van der Waals surface area contributed by atoms with Gasteiger partial charge in [0.1, 0.15) is 17.9 Å². The Balaban J connectivity index is 1.75. The SMILES string of the molecule is CCC1(c2ccc(F)cc2)NC(=O)N(CC(=O)Nc2ccc(S(C)(=O)=O)cc2)C1=O. The van der Waals surface area contributed by atoms with Gasteiger partial charge in [-0.2, -0.15) is 0 Å². The molecular formula is C20H20FN3O5S. The van der Waals surface area contributed by atoms with Crippen LogP contribution in [0.3, 0.4) is 0 Å². The number of nitrogens with zero attached hydrogens (tertiary/aromatic N) is 1. The van der Waals surface area contributed by atoms with E-state index < -0.39 is 45.6 Å². The summed E-state index contributed by atoms with van der Waals surface area (Å²) in [4.78, 5) is 38.7. The molecule has 1 aliphatic heterocycles. The van der Waals surface area contributed by atoms with E-state index in [0.717, 1.165) is 11.2 Å². The van der Waals surface area contributed by atoms with Gasteiger partial charge in [0.25, 0.3) is 5.91 Å². The molecule has 1 fully saturated rings. The Morgan fingerprint density at radius 2 is 1.70 bits per heavy atom. The van der Waals surface area contributed by atoms with Gasteiger partial charge in [0.2, 0.25) is 5.91 Å². The standard InChI is InChI=1S/C20H20FN3O5S/c1-3-20(13-4-6-14(21)7-5-13)18(26)24(19(27)23-20)12-17(25)22-15-8-10-16(11-9-15)30(2,28)29/h4-11H,3,12H2,1-2H3,(H,22,25)(H,23,27). The number of benzene rings is 2. The van der Waals surface area contributed by atoms with Gasteiger partial charge in [0.15, 0.2) is 9.84 Å². The van der Waals surface area contributed by atoms with Crippen LogP contribution < -0.4 is 10.6 Å². The molecule has 0 bridgehead atoms. The zero-order chi connectivity index (χ0) is 22.1. The topological polar surface area (TPSA) is 113 Å². The summed E-state index contributed by atoms with van der Waals surface area (Å²) in [6.45, 7) is 1.18. The van der Waals surface area contributed by atoms with Crippen molar-refractivity contribution in [2.45, 2.75) is 23.8 Å². The van der Waals surface area contributed by atoms with Crippen molar-refractivity contribution >= 4 is 33.4 Å². The molecule has 0 aliphatic carbocycles. The fourth-order valence-electron chi connectivity index (χ4n) is 3.27. The van der Waals surface area contributed by atoms with Crippen molar-refractivity contribution in [2.24, 2.45) is 0 Å². The average Bonchev–Trinajstić information content (AvgIpc) is 2.93. The highest BCUT2D eigenvalue weighted by Gasteiger charge is 2.51. The predicted octanol–water partition coefficient (Wildman–Crippen LogP) is 2.02. The number of carbonyl (C=O) groups excluding carboxylic acids is 3. The Labute approximate surface area is 173 Å². The third-order valence-electron chi connectivity index (χ3n) is 4.91. The van der Waals surface area contributed by atoms with Gasteiger partial charge in [-0.25, -0.2) is 17.6 Å². The van der Waals surface area contributed by atoms with Crippen molar-refractivity contribution in [3.05, 3.63) is 59.9 Å². The van der Waals surface area contributed by atoms with Crippen LogP contribution in [0.1, 0.15) is 18.9 Å². The van der Waals surface area contributed by atoms with Gasteiger partial charge in [-0.15, -0.1) is 0 Å². The number of sulfone groups is 1. The first-order valence-electron chi connectivity index (χ1n) is 9.07. The summed E-state index contributed by atoms with van der Waals surface area (Å²) < 4.78 is 36.2. The first-order valence-corrected chi connectivity index (χ1v) is 11.0. The van der Waals surface area contributed by atoms with Crippen molar-refractivity contribution in [3.63, 3.8) is 0 Å². The number of amides is 4. The molecule has 10 heteroatoms. The minimum Gasteiger partial charge on any atom is -0.325 e. The second-order valence-electron chi connectivity index (χ2n) is 6.93. The molecule has 1 atom stereocenters. The molecule has 0 aromatic heterocycles. The smallest absolute Gasteiger partial charge is 0.325 e. The Bertz CT molecular complexity index is 1100. The van der Waals surface area contributed by atoms with E-state index in [1.807, 2.05) is 0 Å². The van der Waals surface area contributed by atoms with Crippen molar-refractivity contribution in [3.8, 4) is 0 Å². The maximum Gasteiger partial charge on any atom is 0.325 e. The summed E-state index contributed by atoms with van der Waals surface area (Å²) in [7, 11) is -3.37. The fourth-order valence-corrected chi connectivity index (χ4v) is 3.90. The number of nitrogens with one attached hydrogen (secondary N) is 2. The third kappa shape index (κ3) is 4.04. The van der Waals surface area contributed by atoms with Crippen LogP contribution in [0.25, 0.3) is 0 Å². The van der Waals surface area contributed by atoms with E-state index in [1.54, 1.807) is 6.92 Å². The molecule has 1 saturated heterocycles. The maximum atomic E-state index is 13.3. The molecule has 2 aromatic carbocycles. The Morgan fingerprint density at radius 1 is 1.10 bits per heavy atom. The normalized spacial score (nSPS) is 19.0. The molecule has 1 aliphatic rings. The highest BCUT2D eigenvalue weighted by molar-refractivity contribution is 7.90. The van der Waals surface area contributed by atoms with Gasteiger partial charge >= 0.3 is 6.03 Å². The molecule has 1 unspecified atom stereocenters. The number of rotatable bonds is 6. The molecule has 0 radical (unpaired) electrons. The summed E-state index contributed by atoms with van der Waals surface area (Å²) in [6.07, 6.45) is 1.29. The maximum absolute atomic E-state index is 13.3. The van der Waals surface area contributed by atoms with E-state index in [1.165, 1.54) is 48.5 Å². The van der Waals surface area contributed by atoms with Gasteiger partial charge < -0.3 is 10.6 Å². The minimum absolute atomic E-state index is 0.0987. The number of urea groups is 1. The summed E-state index contributed by atoms with van der Waals surface area (Å²) in [6, 6.07) is 10.0. The zero-order valence-electron chi connectivity index (χ0n) is 16.3. The third-order valence-corrected chi connectivity index (χ3v) is 6.04. The minimum atomic E-state index is -3.37. The van der Waals surface area contributed by atoms with E-state index in [-0.39, 0.29) is 11.3 Å². The molecule has 2 aromatic rings. The second kappa shape index (κ2) is 7.86. The van der Waals surface area contributed by atoms with Gasteiger partial charge in [0, 0.05) is 11.9 Å². The molecular weight excluding hydrogens is 413 g/mol. The molecule has 3 rings (SSSR count). The van der Waals surface area contributed by atoms with Gasteiger partial charge in [-0.1, -0.05) is 19.1 Å². The van der Waals surface area contributed by atoms with Crippen LogP contribution in [0.15, 0.2) is 53.4 Å². The predicted molar refractivity (Wildman–Crippen MR) is 107 cm³/mol. The second-order valence-corrected chi connectivity index (χ2v) is 8.95. The Morgan fingerprint density at radius 3 is 2.23 bits per heavy atom. The van der Waals surface area contributed by atoms with Crippen LogP contribution in [0.4, 0.5) is 14.9 Å². The summed E-state index contributed by atoms with van der Waals surface area (Å²) in [5, 5.41) is 5.14. The van der Waals surface area contributed by atoms with E-state index in [2.05, 4.69) is 10.6 Å². The number of imide groups is 1. The average molecular weight is 433 g/mol. The largest absolute Gasteiger partial charge is 0.325 e. The van der Waals surface area contributed by atoms with Crippen LogP contribution in [-0.2, 0) is 25.0 Å². The van der Waals surface area contributed by atoms with Crippen LogP contribution in [-0.4, -0.2) is 44.0 Å². The zero-order valence-corrected chi connectivity index (χ0v) is 17.1. The molecule has 2 N–H and O–H groups in total. The number of hydrogen-bond donors (Lipinski definition) is 2. The Kier molecular flexibility index (Phi) is 5.62. The monoisotopic (exact) mass is 433 g/mol. The van der Waals surface area contributed by atoms with Crippen LogP contribution in [0.5, 0.6) is 0 Å². The fraction of sp³-hybridized carbons (Fsp3) is 0.250. The lowest BCUT2D eigenvalue weighted by atomic mass is 9.87. The van der Waals surface area contributed by atoms with Gasteiger partial charge in [0.05, 0.1) is 4.90 Å². The Hall–Kier alpha value is -3.27. The first-order chi connectivity index (χ1) is 14.1. The molecule has 30 heavy (non-hydrogen) atoms. The van der Waals surface area contributed by atoms with E-state index in [9.17, 15) is 27.2 Å². The van der Waals surface area contributed by atoms with E-state index in [4.69, 9.17) is 0 Å². The quantitative estimate of drug-likeness (QED) is 0.677. The molecule has 8 nitrogen and oxygen atoms in total. The molecule has 0 spiro atoms. The van der Waals surface area contributed by atoms with E-state index in [0.29, 0.717) is 11.3 Å². The molecule has 1 heterocycles. The van der Waals surface area contributed by atoms with Crippen molar-refractivity contribution in [1.29, 1.82) is 0 Å². The first kappa shape index (κ1) is 21.4. The lowest BCUT2D eigenvalue weighted by molar-refractivity contribution is -0.134. The summed E-state index contributed by atoms with van der Waals surface area (Å²) in [5.74, 6) is -1.71. The number of anilines is 1. The van der Waals surface area contributed by atoms with Gasteiger partial charge in [-0.3, -0.25) is 14.5 Å². The van der Waals surface area contributed by atoms with E-state index >= 15 is 0 Å². The highest BCUT2D eigenvalue weighted by atomic mass is 32.2. The molecule has 158 valence electrons. The van der Waals surface area contributed by atoms with Crippen molar-refractivity contribution < 1.29 is 27.2 Å². The highest BCUT2D eigenvalue weighted by Crippen LogP contribution is 2.32. The molecule has 4 amide bonds. The van der Waals surface area contributed by atoms with Gasteiger partial charge in [-0.05, 0) is 48.4 Å². The lowest BCUT2D eigenvalue weighted by Crippen LogP contribution is -2.44. The number of carbonyl (C=O) groups is 3. The summed E-state index contributed by atoms with van der Waals surface area (Å²) >= 11 is 0. The molecule has 0 saturated carbocycles. The lowest BCUT2D eigenvalue weighted by Gasteiger charge is -2.25. The van der Waals surface area contributed by atoms with Crippen molar-refractivity contribution in [2.75, 3.05) is 18.1 Å². The van der Waals surface area contributed by atoms with Crippen molar-refractivity contribution in [1.82, 2.24) is 10.2 Å². The van der Waals surface area contributed by atoms with Crippen LogP contribution >= 0.6 is 0 Å². The van der Waals surface area contributed by atoms with Crippen LogP contribution in [0, 0.1) is 5.82 Å². The summed E-state index contributed by atoms with van der Waals surface area (Å²) in [5.41, 5.74) is -0.633. The van der Waals surface area contributed by atoms with Crippen LogP contribution in [0.2, 0.25) is 0 Å². The number of hydrogen-bond acceptors (Lipinski definition) is 5.